The van der Waals surface area contributed by atoms with E-state index in [0.717, 1.165) is 19.7 Å². The van der Waals surface area contributed by atoms with Crippen LogP contribution in [0.3, 0.4) is 0 Å². The molecule has 1 fully saturated rings. The molecule has 2 unspecified atom stereocenters. The Morgan fingerprint density at radius 3 is 2.56 bits per heavy atom. The van der Waals surface area contributed by atoms with E-state index in [9.17, 15) is 0 Å². The molecule has 0 amide bonds. The van der Waals surface area contributed by atoms with E-state index in [-0.39, 0.29) is 0 Å². The summed E-state index contributed by atoms with van der Waals surface area (Å²) in [7, 11) is 2.22. The van der Waals surface area contributed by atoms with E-state index >= 15 is 0 Å². The fourth-order valence-electron chi connectivity index (χ4n) is 2.52. The molecule has 0 radical (unpaired) electrons. The highest BCUT2D eigenvalue weighted by Gasteiger charge is 2.18. The summed E-state index contributed by atoms with van der Waals surface area (Å²) >= 11 is 0. The Bertz CT molecular complexity index is 201. The molecule has 0 aromatic rings. The summed E-state index contributed by atoms with van der Waals surface area (Å²) in [5.74, 6) is 0. The monoisotopic (exact) mass is 256 g/mol. The molecule has 0 aromatic carbocycles. The van der Waals surface area contributed by atoms with Crippen molar-refractivity contribution in [2.45, 2.75) is 71.1 Å². The Hall–Kier alpha value is -0.120. The Morgan fingerprint density at radius 2 is 2.00 bits per heavy atom. The molecule has 0 saturated carbocycles. The van der Waals surface area contributed by atoms with E-state index in [1.807, 2.05) is 0 Å². The first-order valence-electron chi connectivity index (χ1n) is 7.72. The topological polar surface area (TPSA) is 24.5 Å². The maximum absolute atomic E-state index is 5.80. The maximum Gasteiger partial charge on any atom is 0.0702 e. The average molecular weight is 256 g/mol. The minimum atomic E-state index is 0.458. The van der Waals surface area contributed by atoms with Crippen LogP contribution in [0.4, 0.5) is 0 Å². The standard InChI is InChI=1S/C15H32N2O/c1-5-14(6-2)16-11-13(3)17(4)12-15-9-7-8-10-18-15/h13-16H,5-12H2,1-4H3. The van der Waals surface area contributed by atoms with Gasteiger partial charge >= 0.3 is 0 Å². The van der Waals surface area contributed by atoms with E-state index in [4.69, 9.17) is 4.74 Å². The molecule has 1 rings (SSSR count). The number of hydrogen-bond acceptors (Lipinski definition) is 3. The van der Waals surface area contributed by atoms with Gasteiger partial charge in [0.2, 0.25) is 0 Å². The second-order valence-electron chi connectivity index (χ2n) is 5.70. The third-order valence-corrected chi connectivity index (χ3v) is 4.21. The molecule has 0 aromatic heterocycles. The van der Waals surface area contributed by atoms with Gasteiger partial charge in [-0.2, -0.15) is 0 Å². The van der Waals surface area contributed by atoms with Crippen LogP contribution in [0, 0.1) is 0 Å². The SMILES string of the molecule is CCC(CC)NCC(C)N(C)CC1CCCCO1. The van der Waals surface area contributed by atoms with Crippen molar-refractivity contribution in [1.82, 2.24) is 10.2 Å². The van der Waals surface area contributed by atoms with Crippen molar-refractivity contribution in [3.8, 4) is 0 Å². The summed E-state index contributed by atoms with van der Waals surface area (Å²) in [6, 6.07) is 1.25. The zero-order valence-electron chi connectivity index (χ0n) is 12.7. The molecule has 1 N–H and O–H groups in total. The van der Waals surface area contributed by atoms with Crippen LogP contribution in [0.2, 0.25) is 0 Å². The summed E-state index contributed by atoms with van der Waals surface area (Å²) < 4.78 is 5.80. The van der Waals surface area contributed by atoms with Gasteiger partial charge in [-0.1, -0.05) is 13.8 Å². The smallest absolute Gasteiger partial charge is 0.0702 e. The van der Waals surface area contributed by atoms with E-state index < -0.39 is 0 Å². The lowest BCUT2D eigenvalue weighted by Gasteiger charge is -2.32. The molecule has 3 nitrogen and oxygen atoms in total. The number of rotatable bonds is 8. The van der Waals surface area contributed by atoms with Crippen molar-refractivity contribution < 1.29 is 4.74 Å². The Labute approximate surface area is 113 Å². The number of likely N-dealkylation sites (N-methyl/N-ethyl adjacent to an activating group) is 1. The lowest BCUT2D eigenvalue weighted by atomic mass is 10.1. The molecule has 18 heavy (non-hydrogen) atoms. The molecule has 3 heteroatoms. The predicted octanol–water partition coefficient (Wildman–Crippen LogP) is 2.65. The van der Waals surface area contributed by atoms with Crippen molar-refractivity contribution in [3.05, 3.63) is 0 Å². The van der Waals surface area contributed by atoms with Crippen LogP contribution in [-0.2, 0) is 4.74 Å². The zero-order chi connectivity index (χ0) is 13.4. The second kappa shape index (κ2) is 8.89. The van der Waals surface area contributed by atoms with Gasteiger partial charge in [-0.3, -0.25) is 4.90 Å². The van der Waals surface area contributed by atoms with Crippen molar-refractivity contribution in [2.75, 3.05) is 26.7 Å². The van der Waals surface area contributed by atoms with Crippen LogP contribution < -0.4 is 5.32 Å². The quantitative estimate of drug-likeness (QED) is 0.722. The molecule has 2 atom stereocenters. The fourth-order valence-corrected chi connectivity index (χ4v) is 2.52. The molecular weight excluding hydrogens is 224 g/mol. The maximum atomic E-state index is 5.80. The molecule has 1 saturated heterocycles. The number of nitrogens with one attached hydrogen (secondary N) is 1. The lowest BCUT2D eigenvalue weighted by Crippen LogP contribution is -2.45. The Balaban J connectivity index is 2.20. The van der Waals surface area contributed by atoms with E-state index in [1.165, 1.54) is 32.1 Å². The van der Waals surface area contributed by atoms with Crippen molar-refractivity contribution in [2.24, 2.45) is 0 Å². The van der Waals surface area contributed by atoms with Crippen LogP contribution in [0.1, 0.15) is 52.9 Å². The molecule has 0 aliphatic carbocycles. The van der Waals surface area contributed by atoms with Crippen LogP contribution in [0.5, 0.6) is 0 Å². The molecule has 0 bridgehead atoms. The van der Waals surface area contributed by atoms with Crippen LogP contribution in [0.25, 0.3) is 0 Å². The molecule has 1 aliphatic rings. The van der Waals surface area contributed by atoms with Gasteiger partial charge in [-0.05, 0) is 46.1 Å². The van der Waals surface area contributed by atoms with Crippen molar-refractivity contribution in [1.29, 1.82) is 0 Å². The van der Waals surface area contributed by atoms with Gasteiger partial charge in [0.05, 0.1) is 6.10 Å². The minimum Gasteiger partial charge on any atom is -0.377 e. The highest BCUT2D eigenvalue weighted by Crippen LogP contribution is 2.14. The van der Waals surface area contributed by atoms with Gasteiger partial charge in [0.1, 0.15) is 0 Å². The first-order valence-corrected chi connectivity index (χ1v) is 7.72. The van der Waals surface area contributed by atoms with Crippen molar-refractivity contribution in [3.63, 3.8) is 0 Å². The highest BCUT2D eigenvalue weighted by atomic mass is 16.5. The molecule has 1 heterocycles. The molecule has 1 aliphatic heterocycles. The number of ether oxygens (including phenoxy) is 1. The van der Waals surface area contributed by atoms with Crippen LogP contribution in [-0.4, -0.2) is 49.8 Å². The third kappa shape index (κ3) is 5.68. The first-order chi connectivity index (χ1) is 8.67. The third-order valence-electron chi connectivity index (χ3n) is 4.21. The van der Waals surface area contributed by atoms with Gasteiger partial charge in [0.15, 0.2) is 0 Å². The summed E-state index contributed by atoms with van der Waals surface area (Å²) in [5.41, 5.74) is 0. The summed E-state index contributed by atoms with van der Waals surface area (Å²) in [6.07, 6.45) is 6.71. The van der Waals surface area contributed by atoms with Crippen LogP contribution >= 0.6 is 0 Å². The Morgan fingerprint density at radius 1 is 1.28 bits per heavy atom. The highest BCUT2D eigenvalue weighted by molar-refractivity contribution is 4.74. The molecule has 0 spiro atoms. The van der Waals surface area contributed by atoms with Gasteiger partial charge in [0.25, 0.3) is 0 Å². The normalized spacial score (nSPS) is 22.7. The molecule has 108 valence electrons. The van der Waals surface area contributed by atoms with E-state index in [2.05, 4.69) is 38.0 Å². The van der Waals surface area contributed by atoms with Crippen molar-refractivity contribution >= 4 is 0 Å². The van der Waals surface area contributed by atoms with Gasteiger partial charge in [0, 0.05) is 31.8 Å². The van der Waals surface area contributed by atoms with E-state index in [0.29, 0.717) is 18.2 Å². The van der Waals surface area contributed by atoms with Gasteiger partial charge in [-0.25, -0.2) is 0 Å². The summed E-state index contributed by atoms with van der Waals surface area (Å²) in [4.78, 5) is 2.44. The largest absolute Gasteiger partial charge is 0.377 e. The average Bonchev–Trinajstić information content (AvgIpc) is 2.40. The number of nitrogens with zero attached hydrogens (tertiary/aromatic N) is 1. The fraction of sp³-hybridized carbons (Fsp3) is 1.00. The zero-order valence-corrected chi connectivity index (χ0v) is 12.7. The number of hydrogen-bond donors (Lipinski definition) is 1. The van der Waals surface area contributed by atoms with E-state index in [1.54, 1.807) is 0 Å². The summed E-state index contributed by atoms with van der Waals surface area (Å²) in [5, 5.41) is 3.65. The minimum absolute atomic E-state index is 0.458. The second-order valence-corrected chi connectivity index (χ2v) is 5.70. The molecular formula is C15H32N2O. The Kier molecular flexibility index (Phi) is 7.87. The van der Waals surface area contributed by atoms with Gasteiger partial charge < -0.3 is 10.1 Å². The van der Waals surface area contributed by atoms with Crippen LogP contribution in [0.15, 0.2) is 0 Å². The van der Waals surface area contributed by atoms with Gasteiger partial charge in [-0.15, -0.1) is 0 Å². The first kappa shape index (κ1) is 15.9. The predicted molar refractivity (Wildman–Crippen MR) is 78.1 cm³/mol. The summed E-state index contributed by atoms with van der Waals surface area (Å²) in [6.45, 7) is 9.93. The lowest BCUT2D eigenvalue weighted by molar-refractivity contribution is -0.00703.